The molecule has 0 N–H and O–H groups in total. The maximum absolute atomic E-state index is 14.7. The number of ketones is 2. The van der Waals surface area contributed by atoms with Crippen LogP contribution >= 0.6 is 0 Å². The molecule has 46 heavy (non-hydrogen) atoms. The Bertz CT molecular complexity index is 1430. The summed E-state index contributed by atoms with van der Waals surface area (Å²) in [5.41, 5.74) is -0.640. The molecule has 9 atom stereocenters. The Hall–Kier alpha value is -2.04. The minimum Gasteiger partial charge on any atom is -0.469 e. The van der Waals surface area contributed by atoms with Gasteiger partial charge in [0.2, 0.25) is 5.70 Å². The second-order valence-electron chi connectivity index (χ2n) is 18.9. The SMILES string of the molecule is [C-]#[N+]C1=C[C@]2(C)C3=CC(=O)[C@@H]4[C@@H]5CC(C)(C)C[C@@H](C(=O)OC)C5CC[C@@]4(C)[C@]3(C)CC[C@H]2[C@](C)(CCO[Si](C)(C)C(C)(C)C)C1=O. The number of carbonyl (C=O) groups excluding carboxylic acids is 3. The molecular formula is C39H59NO5Si. The second-order valence-corrected chi connectivity index (χ2v) is 23.7. The summed E-state index contributed by atoms with van der Waals surface area (Å²) < 4.78 is 11.9. The summed E-state index contributed by atoms with van der Waals surface area (Å²) in [5, 5.41) is 0.0654. The number of rotatable bonds is 5. The van der Waals surface area contributed by atoms with E-state index >= 15 is 0 Å². The highest BCUT2D eigenvalue weighted by atomic mass is 28.4. The zero-order valence-corrected chi connectivity index (χ0v) is 31.7. The molecule has 5 aliphatic rings. The van der Waals surface area contributed by atoms with E-state index in [9.17, 15) is 14.4 Å². The molecule has 0 amide bonds. The Kier molecular flexibility index (Phi) is 8.42. The van der Waals surface area contributed by atoms with E-state index < -0.39 is 19.1 Å². The quantitative estimate of drug-likeness (QED) is 0.169. The molecule has 3 saturated carbocycles. The van der Waals surface area contributed by atoms with E-state index in [4.69, 9.17) is 15.7 Å². The first-order valence-electron chi connectivity index (χ1n) is 17.7. The van der Waals surface area contributed by atoms with Crippen molar-refractivity contribution < 1.29 is 23.5 Å². The van der Waals surface area contributed by atoms with Crippen LogP contribution < -0.4 is 0 Å². The van der Waals surface area contributed by atoms with Crippen LogP contribution in [0.2, 0.25) is 18.1 Å². The topological polar surface area (TPSA) is 74.0 Å². The number of carbonyl (C=O) groups is 3. The number of allylic oxidation sites excluding steroid dienone is 4. The molecular weight excluding hydrogens is 591 g/mol. The fourth-order valence-corrected chi connectivity index (χ4v) is 12.2. The summed E-state index contributed by atoms with van der Waals surface area (Å²) in [4.78, 5) is 45.6. The van der Waals surface area contributed by atoms with Crippen LogP contribution in [0, 0.1) is 63.2 Å². The number of hydrogen-bond acceptors (Lipinski definition) is 5. The van der Waals surface area contributed by atoms with Gasteiger partial charge in [0.25, 0.3) is 0 Å². The van der Waals surface area contributed by atoms with Crippen LogP contribution in [0.4, 0.5) is 0 Å². The van der Waals surface area contributed by atoms with Crippen LogP contribution in [0.5, 0.6) is 0 Å². The molecule has 0 heterocycles. The van der Waals surface area contributed by atoms with Crippen molar-refractivity contribution in [2.75, 3.05) is 13.7 Å². The van der Waals surface area contributed by atoms with Crippen molar-refractivity contribution in [1.29, 1.82) is 0 Å². The summed E-state index contributed by atoms with van der Waals surface area (Å²) in [6.07, 6.45) is 9.73. The summed E-state index contributed by atoms with van der Waals surface area (Å²) in [5.74, 6) is -0.121. The Morgan fingerprint density at radius 3 is 2.26 bits per heavy atom. The van der Waals surface area contributed by atoms with Crippen molar-refractivity contribution in [3.63, 3.8) is 0 Å². The highest BCUT2D eigenvalue weighted by Gasteiger charge is 2.69. The highest BCUT2D eigenvalue weighted by Crippen LogP contribution is 2.73. The Labute approximate surface area is 279 Å². The molecule has 7 heteroatoms. The van der Waals surface area contributed by atoms with Crippen LogP contribution in [0.25, 0.3) is 4.85 Å². The largest absolute Gasteiger partial charge is 0.469 e. The van der Waals surface area contributed by atoms with Gasteiger partial charge in [0.05, 0.1) is 19.6 Å². The summed E-state index contributed by atoms with van der Waals surface area (Å²) >= 11 is 0. The van der Waals surface area contributed by atoms with Crippen molar-refractivity contribution >= 4 is 25.9 Å². The molecule has 0 bridgehead atoms. The van der Waals surface area contributed by atoms with E-state index in [0.717, 1.165) is 44.1 Å². The molecule has 1 unspecified atom stereocenters. The second kappa shape index (κ2) is 11.0. The number of hydrogen-bond donors (Lipinski definition) is 0. The van der Waals surface area contributed by atoms with E-state index in [1.54, 1.807) is 0 Å². The van der Waals surface area contributed by atoms with Crippen LogP contribution in [0.3, 0.4) is 0 Å². The third kappa shape index (κ3) is 4.97. The summed E-state index contributed by atoms with van der Waals surface area (Å²) in [7, 11) is -0.535. The predicted molar refractivity (Wildman–Crippen MR) is 184 cm³/mol. The lowest BCUT2D eigenvalue weighted by Gasteiger charge is -2.68. The number of Topliss-reactive ketones (excluding diaryl/α,β-unsaturated/α-hetero) is 1. The van der Waals surface area contributed by atoms with Gasteiger partial charge in [0.15, 0.2) is 19.9 Å². The van der Waals surface area contributed by atoms with Crippen molar-refractivity contribution in [1.82, 2.24) is 0 Å². The fourth-order valence-electron chi connectivity index (χ4n) is 11.2. The lowest BCUT2D eigenvalue weighted by molar-refractivity contribution is -0.172. The molecule has 0 aromatic carbocycles. The molecule has 0 aromatic heterocycles. The van der Waals surface area contributed by atoms with Gasteiger partial charge in [-0.1, -0.05) is 74.0 Å². The molecule has 5 aliphatic carbocycles. The van der Waals surface area contributed by atoms with Gasteiger partial charge in [0.1, 0.15) is 0 Å². The third-order valence-electron chi connectivity index (χ3n) is 14.9. The van der Waals surface area contributed by atoms with Gasteiger partial charge in [-0.15, -0.1) is 0 Å². The Morgan fingerprint density at radius 2 is 1.67 bits per heavy atom. The molecule has 6 nitrogen and oxygen atoms in total. The van der Waals surface area contributed by atoms with Gasteiger partial charge in [-0.25, -0.2) is 4.85 Å². The molecule has 3 fully saturated rings. The van der Waals surface area contributed by atoms with Crippen LogP contribution in [0.15, 0.2) is 23.4 Å². The van der Waals surface area contributed by atoms with Crippen molar-refractivity contribution in [3.05, 3.63) is 34.8 Å². The van der Waals surface area contributed by atoms with Gasteiger partial charge in [0, 0.05) is 23.4 Å². The first kappa shape index (κ1) is 35.3. The first-order chi connectivity index (χ1) is 21.0. The van der Waals surface area contributed by atoms with Crippen LogP contribution in [-0.4, -0.2) is 39.6 Å². The van der Waals surface area contributed by atoms with Crippen LogP contribution in [-0.2, 0) is 23.5 Å². The zero-order chi connectivity index (χ0) is 34.5. The monoisotopic (exact) mass is 649 g/mol. The molecule has 0 spiro atoms. The molecule has 254 valence electrons. The standard InChI is InChI=1S/C39H59NO5Si/c1-34(2,3)46(12,13)45-19-18-36(6)29-15-17-38(8)30(37(29,7)23-27(40-10)32(36)42)20-28(41)31-25-21-35(4,5)22-26(33(43)44-11)24(25)14-16-39(31,38)9/h20,23-26,29,31H,14-19,21-22H2,1-9,11-13H3/t24?,25-,26-,29+,31+,36+,37+,38-,39-/m1/s1. The number of nitrogens with zero attached hydrogens (tertiary/aromatic N) is 1. The molecule has 0 saturated heterocycles. The van der Waals surface area contributed by atoms with E-state index in [1.807, 2.05) is 12.2 Å². The maximum atomic E-state index is 14.7. The minimum absolute atomic E-state index is 0.0260. The molecule has 0 radical (unpaired) electrons. The predicted octanol–water partition coefficient (Wildman–Crippen LogP) is 8.98. The number of methoxy groups -OCH3 is 1. The lowest BCUT2D eigenvalue weighted by atomic mass is 9.35. The molecule has 5 rings (SSSR count). The van der Waals surface area contributed by atoms with Gasteiger partial charge in [-0.3, -0.25) is 9.59 Å². The van der Waals surface area contributed by atoms with E-state index in [-0.39, 0.29) is 74.1 Å². The number of fused-ring (bicyclic) bond motifs is 7. The van der Waals surface area contributed by atoms with E-state index in [0.29, 0.717) is 13.0 Å². The first-order valence-corrected chi connectivity index (χ1v) is 20.6. The van der Waals surface area contributed by atoms with Gasteiger partial charge >= 0.3 is 5.97 Å². The highest BCUT2D eigenvalue weighted by molar-refractivity contribution is 6.74. The summed E-state index contributed by atoms with van der Waals surface area (Å²) in [6.45, 7) is 33.1. The van der Waals surface area contributed by atoms with Crippen molar-refractivity contribution in [2.24, 2.45) is 56.7 Å². The fraction of sp³-hybridized carbons (Fsp3) is 0.795. The van der Waals surface area contributed by atoms with E-state index in [2.05, 4.69) is 80.3 Å². The van der Waals surface area contributed by atoms with E-state index in [1.165, 1.54) is 7.11 Å². The zero-order valence-electron chi connectivity index (χ0n) is 30.7. The average molecular weight is 650 g/mol. The minimum atomic E-state index is -2.02. The molecule has 0 aliphatic heterocycles. The average Bonchev–Trinajstić information content (AvgIpc) is 2.94. The lowest BCUT2D eigenvalue weighted by Crippen LogP contribution is -2.64. The number of esters is 1. The Balaban J connectivity index is 1.57. The van der Waals surface area contributed by atoms with Crippen molar-refractivity contribution in [3.8, 4) is 0 Å². The maximum Gasteiger partial charge on any atom is 0.308 e. The summed E-state index contributed by atoms with van der Waals surface area (Å²) in [6, 6.07) is 0. The van der Waals surface area contributed by atoms with Crippen LogP contribution in [0.1, 0.15) is 107 Å². The van der Waals surface area contributed by atoms with Gasteiger partial charge in [-0.2, -0.15) is 0 Å². The third-order valence-corrected chi connectivity index (χ3v) is 19.4. The molecule has 0 aromatic rings. The number of ether oxygens (including phenoxy) is 1. The van der Waals surface area contributed by atoms with Gasteiger partial charge in [-0.05, 0) is 103 Å². The smallest absolute Gasteiger partial charge is 0.308 e. The Morgan fingerprint density at radius 1 is 1.02 bits per heavy atom. The van der Waals surface area contributed by atoms with Crippen molar-refractivity contribution in [2.45, 2.75) is 125 Å². The normalized spacial score (nSPS) is 41.9. The van der Waals surface area contributed by atoms with Gasteiger partial charge < -0.3 is 14.0 Å².